The van der Waals surface area contributed by atoms with Gasteiger partial charge < -0.3 is 15.2 Å². The second-order valence-corrected chi connectivity index (χ2v) is 5.07. The molecule has 0 amide bonds. The van der Waals surface area contributed by atoms with Crippen molar-refractivity contribution in [3.8, 4) is 0 Å². The fourth-order valence-electron chi connectivity index (χ4n) is 2.55. The lowest BCUT2D eigenvalue weighted by atomic mass is 9.86. The van der Waals surface area contributed by atoms with Crippen molar-refractivity contribution in [1.29, 1.82) is 0 Å². The molecule has 1 aromatic rings. The van der Waals surface area contributed by atoms with E-state index in [1.807, 2.05) is 0 Å². The predicted octanol–water partition coefficient (Wildman–Crippen LogP) is 1.93. The zero-order valence-corrected chi connectivity index (χ0v) is 11.4. The second kappa shape index (κ2) is 5.90. The van der Waals surface area contributed by atoms with Crippen molar-refractivity contribution < 1.29 is 19.4 Å². The SMILES string of the molecule is COC(=O)c1cc(NCC2(C(=O)O)CCCC2)ccn1. The lowest BCUT2D eigenvalue weighted by molar-refractivity contribution is -0.147. The fourth-order valence-corrected chi connectivity index (χ4v) is 2.55. The highest BCUT2D eigenvalue weighted by Crippen LogP contribution is 2.38. The molecule has 0 saturated heterocycles. The standard InChI is InChI=1S/C14H18N2O4/c1-20-12(17)11-8-10(4-7-15-11)16-9-14(13(18)19)5-2-3-6-14/h4,7-8H,2-3,5-6,9H2,1H3,(H,15,16)(H,18,19). The topological polar surface area (TPSA) is 88.5 Å². The van der Waals surface area contributed by atoms with E-state index in [1.54, 1.807) is 12.1 Å². The van der Waals surface area contributed by atoms with Crippen LogP contribution >= 0.6 is 0 Å². The quantitative estimate of drug-likeness (QED) is 0.800. The number of pyridine rings is 1. The van der Waals surface area contributed by atoms with Gasteiger partial charge >= 0.3 is 11.9 Å². The summed E-state index contributed by atoms with van der Waals surface area (Å²) in [6.07, 6.45) is 4.75. The van der Waals surface area contributed by atoms with Gasteiger partial charge in [-0.05, 0) is 25.0 Å². The molecule has 108 valence electrons. The maximum absolute atomic E-state index is 11.4. The highest BCUT2D eigenvalue weighted by molar-refractivity contribution is 5.88. The fraction of sp³-hybridized carbons (Fsp3) is 0.500. The Morgan fingerprint density at radius 3 is 2.75 bits per heavy atom. The van der Waals surface area contributed by atoms with Crippen LogP contribution in [-0.4, -0.2) is 35.7 Å². The Balaban J connectivity index is 2.07. The molecule has 0 radical (unpaired) electrons. The van der Waals surface area contributed by atoms with Crippen LogP contribution in [0.1, 0.15) is 36.2 Å². The lowest BCUT2D eigenvalue weighted by Crippen LogP contribution is -2.35. The molecule has 1 aliphatic carbocycles. The molecule has 0 bridgehead atoms. The van der Waals surface area contributed by atoms with Gasteiger partial charge in [0, 0.05) is 18.4 Å². The lowest BCUT2D eigenvalue weighted by Gasteiger charge is -2.24. The zero-order valence-electron chi connectivity index (χ0n) is 11.4. The van der Waals surface area contributed by atoms with Crippen LogP contribution in [-0.2, 0) is 9.53 Å². The number of ether oxygens (including phenoxy) is 1. The summed E-state index contributed by atoms with van der Waals surface area (Å²) in [6, 6.07) is 3.27. The number of hydrogen-bond donors (Lipinski definition) is 2. The van der Waals surface area contributed by atoms with Crippen LogP contribution in [0.5, 0.6) is 0 Å². The highest BCUT2D eigenvalue weighted by Gasteiger charge is 2.41. The molecular formula is C14H18N2O4. The van der Waals surface area contributed by atoms with Crippen LogP contribution in [0.15, 0.2) is 18.3 Å². The maximum atomic E-state index is 11.4. The van der Waals surface area contributed by atoms with Crippen LogP contribution in [0, 0.1) is 5.41 Å². The first-order valence-electron chi connectivity index (χ1n) is 6.59. The van der Waals surface area contributed by atoms with E-state index >= 15 is 0 Å². The predicted molar refractivity (Wildman–Crippen MR) is 72.6 cm³/mol. The maximum Gasteiger partial charge on any atom is 0.356 e. The van der Waals surface area contributed by atoms with Crippen molar-refractivity contribution in [3.05, 3.63) is 24.0 Å². The van der Waals surface area contributed by atoms with Crippen LogP contribution < -0.4 is 5.32 Å². The Morgan fingerprint density at radius 2 is 2.15 bits per heavy atom. The minimum absolute atomic E-state index is 0.202. The summed E-state index contributed by atoms with van der Waals surface area (Å²) in [5, 5.41) is 12.5. The highest BCUT2D eigenvalue weighted by atomic mass is 16.5. The van der Waals surface area contributed by atoms with Gasteiger partial charge in [-0.3, -0.25) is 4.79 Å². The number of nitrogens with one attached hydrogen (secondary N) is 1. The van der Waals surface area contributed by atoms with E-state index < -0.39 is 17.4 Å². The van der Waals surface area contributed by atoms with Crippen molar-refractivity contribution in [2.75, 3.05) is 19.0 Å². The van der Waals surface area contributed by atoms with Gasteiger partial charge in [-0.1, -0.05) is 12.8 Å². The van der Waals surface area contributed by atoms with E-state index in [0.717, 1.165) is 12.8 Å². The molecule has 2 rings (SSSR count). The molecule has 20 heavy (non-hydrogen) atoms. The average molecular weight is 278 g/mol. The van der Waals surface area contributed by atoms with Gasteiger partial charge in [-0.25, -0.2) is 9.78 Å². The first kappa shape index (κ1) is 14.3. The number of methoxy groups -OCH3 is 1. The molecule has 1 aliphatic rings. The number of carbonyl (C=O) groups excluding carboxylic acids is 1. The summed E-state index contributed by atoms with van der Waals surface area (Å²) in [5.41, 5.74) is 0.176. The summed E-state index contributed by atoms with van der Waals surface area (Å²) in [6.45, 7) is 0.354. The van der Waals surface area contributed by atoms with Crippen molar-refractivity contribution in [2.24, 2.45) is 5.41 Å². The molecule has 1 aromatic heterocycles. The number of carboxylic acid groups (broad SMARTS) is 1. The van der Waals surface area contributed by atoms with E-state index in [2.05, 4.69) is 15.0 Å². The molecule has 1 fully saturated rings. The zero-order chi connectivity index (χ0) is 14.6. The van der Waals surface area contributed by atoms with E-state index in [1.165, 1.54) is 13.3 Å². The molecule has 2 N–H and O–H groups in total. The Hall–Kier alpha value is -2.11. The average Bonchev–Trinajstić information content (AvgIpc) is 2.95. The third-order valence-corrected chi connectivity index (χ3v) is 3.80. The molecule has 6 nitrogen and oxygen atoms in total. The van der Waals surface area contributed by atoms with Gasteiger partial charge in [0.25, 0.3) is 0 Å². The van der Waals surface area contributed by atoms with Crippen molar-refractivity contribution in [2.45, 2.75) is 25.7 Å². The Labute approximate surface area is 117 Å². The number of aliphatic carboxylic acids is 1. The number of carbonyl (C=O) groups is 2. The minimum atomic E-state index is -0.759. The number of nitrogens with zero attached hydrogens (tertiary/aromatic N) is 1. The van der Waals surface area contributed by atoms with Crippen molar-refractivity contribution >= 4 is 17.6 Å². The number of esters is 1. The summed E-state index contributed by atoms with van der Waals surface area (Å²) in [4.78, 5) is 26.7. The van der Waals surface area contributed by atoms with Gasteiger partial charge in [0.1, 0.15) is 5.69 Å². The summed E-state index contributed by atoms with van der Waals surface area (Å²) < 4.78 is 4.60. The molecule has 0 unspecified atom stereocenters. The Morgan fingerprint density at radius 1 is 1.45 bits per heavy atom. The number of hydrogen-bond acceptors (Lipinski definition) is 5. The number of rotatable bonds is 5. The monoisotopic (exact) mass is 278 g/mol. The molecule has 0 atom stereocenters. The summed E-state index contributed by atoms with van der Waals surface area (Å²) in [5.74, 6) is -1.27. The van der Waals surface area contributed by atoms with Crippen LogP contribution in [0.25, 0.3) is 0 Å². The van der Waals surface area contributed by atoms with Crippen LogP contribution in [0.4, 0.5) is 5.69 Å². The van der Waals surface area contributed by atoms with E-state index in [-0.39, 0.29) is 5.69 Å². The van der Waals surface area contributed by atoms with Crippen LogP contribution in [0.3, 0.4) is 0 Å². The summed E-state index contributed by atoms with van der Waals surface area (Å²) in [7, 11) is 1.29. The smallest absolute Gasteiger partial charge is 0.356 e. The molecule has 0 aromatic carbocycles. The normalized spacial score (nSPS) is 16.6. The molecule has 1 saturated carbocycles. The first-order chi connectivity index (χ1) is 9.57. The second-order valence-electron chi connectivity index (χ2n) is 5.07. The molecule has 6 heteroatoms. The van der Waals surface area contributed by atoms with Crippen LogP contribution in [0.2, 0.25) is 0 Å². The molecule has 0 aliphatic heterocycles. The van der Waals surface area contributed by atoms with Crippen molar-refractivity contribution in [1.82, 2.24) is 4.98 Å². The third-order valence-electron chi connectivity index (χ3n) is 3.80. The van der Waals surface area contributed by atoms with Gasteiger partial charge in [0.2, 0.25) is 0 Å². The minimum Gasteiger partial charge on any atom is -0.481 e. The largest absolute Gasteiger partial charge is 0.481 e. The van der Waals surface area contributed by atoms with E-state index in [4.69, 9.17) is 0 Å². The van der Waals surface area contributed by atoms with E-state index in [9.17, 15) is 14.7 Å². The first-order valence-corrected chi connectivity index (χ1v) is 6.59. The van der Waals surface area contributed by atoms with E-state index in [0.29, 0.717) is 25.1 Å². The van der Waals surface area contributed by atoms with Crippen molar-refractivity contribution in [3.63, 3.8) is 0 Å². The summed E-state index contributed by atoms with van der Waals surface area (Å²) >= 11 is 0. The Kier molecular flexibility index (Phi) is 4.22. The number of carboxylic acids is 1. The van der Waals surface area contributed by atoms with Gasteiger partial charge in [0.15, 0.2) is 0 Å². The molecular weight excluding hydrogens is 260 g/mol. The van der Waals surface area contributed by atoms with Gasteiger partial charge in [0.05, 0.1) is 12.5 Å². The molecule has 0 spiro atoms. The van der Waals surface area contributed by atoms with Gasteiger partial charge in [-0.15, -0.1) is 0 Å². The molecule has 1 heterocycles. The Bertz CT molecular complexity index is 510. The number of anilines is 1. The third kappa shape index (κ3) is 2.89. The number of aromatic nitrogens is 1. The van der Waals surface area contributed by atoms with Gasteiger partial charge in [-0.2, -0.15) is 0 Å².